The number of rotatable bonds is 4. The predicted octanol–water partition coefficient (Wildman–Crippen LogP) is 2.35. The molecule has 1 heterocycles. The first-order valence-electron chi connectivity index (χ1n) is 5.92. The van der Waals surface area contributed by atoms with E-state index < -0.39 is 16.5 Å². The fraction of sp³-hybridized carbons (Fsp3) is 0.0769. The van der Waals surface area contributed by atoms with E-state index in [1.807, 2.05) is 0 Å². The summed E-state index contributed by atoms with van der Waals surface area (Å²) in [5, 5.41) is 13.5. The second kappa shape index (κ2) is 6.29. The second-order valence-corrected chi connectivity index (χ2v) is 4.48. The third-order valence-electron chi connectivity index (χ3n) is 2.78. The number of nitrogens with one attached hydrogen (secondary N) is 1. The minimum atomic E-state index is -0.687. The van der Waals surface area contributed by atoms with Gasteiger partial charge in [-0.3, -0.25) is 14.9 Å². The lowest BCUT2D eigenvalue weighted by Gasteiger charge is -2.09. The van der Waals surface area contributed by atoms with Crippen LogP contribution in [0.25, 0.3) is 0 Å². The summed E-state index contributed by atoms with van der Waals surface area (Å²) in [6.45, 7) is 0.232. The lowest BCUT2D eigenvalue weighted by atomic mass is 10.1. The summed E-state index contributed by atoms with van der Waals surface area (Å²) in [4.78, 5) is 26.1. The number of aromatic nitrogens is 1. The first kappa shape index (κ1) is 14.9. The number of carbonyl (C=O) groups is 1. The van der Waals surface area contributed by atoms with Gasteiger partial charge in [-0.2, -0.15) is 0 Å². The minimum Gasteiger partial charge on any atom is -0.326 e. The molecule has 0 saturated carbocycles. The smallest absolute Gasteiger partial charge is 0.300 e. The molecule has 21 heavy (non-hydrogen) atoms. The predicted molar refractivity (Wildman–Crippen MR) is 78.2 cm³/mol. The maximum atomic E-state index is 12.2. The first-order chi connectivity index (χ1) is 10.0. The van der Waals surface area contributed by atoms with E-state index in [2.05, 4.69) is 10.3 Å². The quantitative estimate of drug-likeness (QED) is 0.511. The van der Waals surface area contributed by atoms with Gasteiger partial charge in [0, 0.05) is 12.2 Å². The summed E-state index contributed by atoms with van der Waals surface area (Å²) in [5.41, 5.74) is 6.21. The fourth-order valence-electron chi connectivity index (χ4n) is 1.76. The van der Waals surface area contributed by atoms with Crippen LogP contribution in [-0.4, -0.2) is 15.8 Å². The lowest BCUT2D eigenvalue weighted by Crippen LogP contribution is -2.16. The van der Waals surface area contributed by atoms with Gasteiger partial charge in [0.1, 0.15) is 16.9 Å². The number of carbonyl (C=O) groups excluding carboxylic acids is 1. The van der Waals surface area contributed by atoms with E-state index in [0.717, 1.165) is 12.3 Å². The third kappa shape index (κ3) is 3.33. The normalized spacial score (nSPS) is 10.2. The molecular weight excluding hydrogens is 296 g/mol. The van der Waals surface area contributed by atoms with Crippen LogP contribution in [0.1, 0.15) is 15.9 Å². The molecule has 0 aliphatic heterocycles. The third-order valence-corrected chi connectivity index (χ3v) is 2.98. The van der Waals surface area contributed by atoms with Gasteiger partial charge in [0.25, 0.3) is 11.6 Å². The Bertz CT molecular complexity index is 706. The average Bonchev–Trinajstić information content (AvgIpc) is 2.47. The van der Waals surface area contributed by atoms with Crippen LogP contribution < -0.4 is 11.1 Å². The summed E-state index contributed by atoms with van der Waals surface area (Å²) >= 11 is 5.69. The van der Waals surface area contributed by atoms with Crippen molar-refractivity contribution in [3.8, 4) is 0 Å². The van der Waals surface area contributed by atoms with Gasteiger partial charge in [0.2, 0.25) is 0 Å². The first-order valence-corrected chi connectivity index (χ1v) is 6.30. The van der Waals surface area contributed by atoms with Crippen molar-refractivity contribution < 1.29 is 9.72 Å². The largest absolute Gasteiger partial charge is 0.326 e. The highest BCUT2D eigenvalue weighted by molar-refractivity contribution is 6.30. The molecule has 0 spiro atoms. The number of pyridine rings is 1. The van der Waals surface area contributed by atoms with Gasteiger partial charge in [0.05, 0.1) is 4.92 Å². The van der Waals surface area contributed by atoms with Crippen molar-refractivity contribution in [2.24, 2.45) is 5.73 Å². The van der Waals surface area contributed by atoms with Gasteiger partial charge in [0.15, 0.2) is 0 Å². The highest BCUT2D eigenvalue weighted by atomic mass is 35.5. The number of benzene rings is 1. The zero-order valence-electron chi connectivity index (χ0n) is 10.7. The van der Waals surface area contributed by atoms with Gasteiger partial charge >= 0.3 is 0 Å². The number of amides is 1. The molecule has 8 heteroatoms. The molecule has 1 amide bonds. The Labute approximate surface area is 124 Å². The highest BCUT2D eigenvalue weighted by Crippen LogP contribution is 2.22. The molecule has 0 atom stereocenters. The van der Waals surface area contributed by atoms with Crippen LogP contribution in [0.3, 0.4) is 0 Å². The molecule has 0 aliphatic rings. The number of para-hydroxylation sites is 1. The van der Waals surface area contributed by atoms with E-state index in [9.17, 15) is 14.9 Å². The number of hydrogen-bond acceptors (Lipinski definition) is 5. The van der Waals surface area contributed by atoms with Crippen molar-refractivity contribution >= 4 is 28.9 Å². The monoisotopic (exact) mass is 306 g/mol. The molecular formula is C13H11ClN4O3. The molecule has 108 valence electrons. The number of anilines is 1. The fourth-order valence-corrected chi connectivity index (χ4v) is 1.92. The molecule has 0 bridgehead atoms. The Kier molecular flexibility index (Phi) is 4.46. The molecule has 3 N–H and O–H groups in total. The topological polar surface area (TPSA) is 111 Å². The van der Waals surface area contributed by atoms with Gasteiger partial charge < -0.3 is 11.1 Å². The molecule has 7 nitrogen and oxygen atoms in total. The van der Waals surface area contributed by atoms with Gasteiger partial charge in [-0.05, 0) is 17.7 Å². The molecule has 0 saturated heterocycles. The Morgan fingerprint density at radius 2 is 2.14 bits per heavy atom. The second-order valence-electron chi connectivity index (χ2n) is 4.10. The Morgan fingerprint density at radius 3 is 2.81 bits per heavy atom. The van der Waals surface area contributed by atoms with Crippen LogP contribution in [0.15, 0.2) is 36.5 Å². The molecule has 2 rings (SSSR count). The van der Waals surface area contributed by atoms with Crippen LogP contribution in [-0.2, 0) is 6.54 Å². The standard InChI is InChI=1S/C13H11ClN4O3/c14-12-5-9(11(7-16-12)18(20)21)13(19)17-10-4-2-1-3-8(10)6-15/h1-5,7H,6,15H2,(H,17,19). The summed E-state index contributed by atoms with van der Waals surface area (Å²) in [5.74, 6) is -0.646. The Morgan fingerprint density at radius 1 is 1.43 bits per heavy atom. The summed E-state index contributed by atoms with van der Waals surface area (Å²) in [6.07, 6.45) is 0.950. The summed E-state index contributed by atoms with van der Waals surface area (Å²) < 4.78 is 0. The van der Waals surface area contributed by atoms with E-state index in [4.69, 9.17) is 17.3 Å². The molecule has 0 fully saturated rings. The van der Waals surface area contributed by atoms with Crippen LogP contribution in [0.4, 0.5) is 11.4 Å². The average molecular weight is 307 g/mol. The van der Waals surface area contributed by atoms with Crippen molar-refractivity contribution in [1.29, 1.82) is 0 Å². The molecule has 2 aromatic rings. The Hall–Kier alpha value is -2.51. The van der Waals surface area contributed by atoms with Crippen molar-refractivity contribution in [2.75, 3.05) is 5.32 Å². The van der Waals surface area contributed by atoms with Crippen molar-refractivity contribution in [3.63, 3.8) is 0 Å². The molecule has 0 aliphatic carbocycles. The van der Waals surface area contributed by atoms with Crippen molar-refractivity contribution in [1.82, 2.24) is 4.98 Å². The van der Waals surface area contributed by atoms with E-state index in [1.54, 1.807) is 24.3 Å². The van der Waals surface area contributed by atoms with Crippen LogP contribution in [0, 0.1) is 10.1 Å². The summed E-state index contributed by atoms with van der Waals surface area (Å²) in [7, 11) is 0. The van der Waals surface area contributed by atoms with E-state index in [1.165, 1.54) is 0 Å². The van der Waals surface area contributed by atoms with Crippen LogP contribution in [0.5, 0.6) is 0 Å². The Balaban J connectivity index is 2.37. The number of nitrogens with two attached hydrogens (primary N) is 1. The summed E-state index contributed by atoms with van der Waals surface area (Å²) in [6, 6.07) is 8.07. The zero-order chi connectivity index (χ0) is 15.4. The SMILES string of the molecule is NCc1ccccc1NC(=O)c1cc(Cl)ncc1[N+](=O)[O-]. The molecule has 0 unspecified atom stereocenters. The lowest BCUT2D eigenvalue weighted by molar-refractivity contribution is -0.385. The highest BCUT2D eigenvalue weighted by Gasteiger charge is 2.22. The van der Waals surface area contributed by atoms with E-state index >= 15 is 0 Å². The maximum Gasteiger partial charge on any atom is 0.300 e. The van der Waals surface area contributed by atoms with E-state index in [-0.39, 0.29) is 17.3 Å². The number of hydrogen-bond donors (Lipinski definition) is 2. The van der Waals surface area contributed by atoms with Gasteiger partial charge in [-0.25, -0.2) is 4.98 Å². The minimum absolute atomic E-state index is 0.00198. The molecule has 0 radical (unpaired) electrons. The maximum absolute atomic E-state index is 12.2. The van der Waals surface area contributed by atoms with Crippen molar-refractivity contribution in [3.05, 3.63) is 62.9 Å². The van der Waals surface area contributed by atoms with Gasteiger partial charge in [-0.15, -0.1) is 0 Å². The molecule has 1 aromatic heterocycles. The van der Waals surface area contributed by atoms with E-state index in [0.29, 0.717) is 11.3 Å². The molecule has 1 aromatic carbocycles. The zero-order valence-corrected chi connectivity index (χ0v) is 11.5. The van der Waals surface area contributed by atoms with Crippen LogP contribution >= 0.6 is 11.6 Å². The number of nitro groups is 1. The van der Waals surface area contributed by atoms with Crippen molar-refractivity contribution in [2.45, 2.75) is 6.54 Å². The van der Waals surface area contributed by atoms with Crippen LogP contribution in [0.2, 0.25) is 5.15 Å². The number of nitrogens with zero attached hydrogens (tertiary/aromatic N) is 2. The van der Waals surface area contributed by atoms with Gasteiger partial charge in [-0.1, -0.05) is 29.8 Å². The number of halogens is 1.